The molecule has 5 nitrogen and oxygen atoms in total. The predicted molar refractivity (Wildman–Crippen MR) is 77.5 cm³/mol. The van der Waals surface area contributed by atoms with Crippen LogP contribution in [0.4, 0.5) is 10.2 Å². The van der Waals surface area contributed by atoms with E-state index in [1.165, 1.54) is 0 Å². The van der Waals surface area contributed by atoms with Gasteiger partial charge in [-0.15, -0.1) is 0 Å². The van der Waals surface area contributed by atoms with Crippen LogP contribution in [-0.2, 0) is 11.3 Å². The van der Waals surface area contributed by atoms with Crippen LogP contribution in [0.5, 0.6) is 6.01 Å². The van der Waals surface area contributed by atoms with Crippen LogP contribution in [0, 0.1) is 5.82 Å². The van der Waals surface area contributed by atoms with Gasteiger partial charge in [0.15, 0.2) is 11.6 Å². The fraction of sp³-hybridized carbons (Fsp3) is 0.333. The molecule has 1 atom stereocenters. The molecule has 0 bridgehead atoms. The van der Waals surface area contributed by atoms with Crippen molar-refractivity contribution >= 4 is 5.82 Å². The number of nitrogens with one attached hydrogen (secondary N) is 1. The summed E-state index contributed by atoms with van der Waals surface area (Å²) in [5, 5.41) is 2.82. The second-order valence-electron chi connectivity index (χ2n) is 4.37. The van der Waals surface area contributed by atoms with Crippen molar-refractivity contribution < 1.29 is 13.9 Å². The van der Waals surface area contributed by atoms with Crippen LogP contribution in [0.25, 0.3) is 0 Å². The number of hydrogen-bond donors (Lipinski definition) is 1. The molecular weight excluding hydrogens is 273 g/mol. The van der Waals surface area contributed by atoms with E-state index in [2.05, 4.69) is 15.3 Å². The van der Waals surface area contributed by atoms with Crippen LogP contribution in [0.2, 0.25) is 0 Å². The summed E-state index contributed by atoms with van der Waals surface area (Å²) in [5.41, 5.74) is 0.989. The van der Waals surface area contributed by atoms with Crippen molar-refractivity contribution in [3.63, 3.8) is 0 Å². The van der Waals surface area contributed by atoms with Gasteiger partial charge >= 0.3 is 6.01 Å². The molecule has 6 heteroatoms. The summed E-state index contributed by atoms with van der Waals surface area (Å²) in [6.45, 7) is 4.49. The summed E-state index contributed by atoms with van der Waals surface area (Å²) in [5.74, 6) is -0.484. The minimum absolute atomic E-state index is 0.0639. The smallest absolute Gasteiger partial charge is 0.318 e. The molecule has 112 valence electrons. The summed E-state index contributed by atoms with van der Waals surface area (Å²) in [6, 6.07) is 9.74. The van der Waals surface area contributed by atoms with Gasteiger partial charge < -0.3 is 14.8 Å². The molecule has 0 radical (unpaired) electrons. The average Bonchev–Trinajstić information content (AvgIpc) is 2.49. The van der Waals surface area contributed by atoms with Crippen LogP contribution in [-0.4, -0.2) is 22.8 Å². The first-order chi connectivity index (χ1) is 10.2. The average molecular weight is 291 g/mol. The lowest BCUT2D eigenvalue weighted by Gasteiger charge is -2.15. The lowest BCUT2D eigenvalue weighted by Crippen LogP contribution is -2.21. The summed E-state index contributed by atoms with van der Waals surface area (Å²) < 4.78 is 24.4. The Morgan fingerprint density at radius 2 is 2.05 bits per heavy atom. The van der Waals surface area contributed by atoms with Gasteiger partial charge in [0, 0.05) is 6.61 Å². The third kappa shape index (κ3) is 4.68. The standard InChI is InChI=1S/C15H18FN3O2/c1-3-20-11(2)18-14-13(16)9-17-15(19-14)21-10-12-7-5-4-6-8-12/h4-9,11H,3,10H2,1-2H3,(H,17,18,19). The largest absolute Gasteiger partial charge is 0.459 e. The minimum atomic E-state index is -0.548. The highest BCUT2D eigenvalue weighted by atomic mass is 19.1. The highest BCUT2D eigenvalue weighted by molar-refractivity contribution is 5.36. The molecule has 0 aliphatic carbocycles. The number of halogens is 1. The minimum Gasteiger partial charge on any atom is -0.459 e. The SMILES string of the molecule is CCOC(C)Nc1nc(OCc2ccccc2)ncc1F. The third-order valence-electron chi connectivity index (χ3n) is 2.69. The molecule has 1 N–H and O–H groups in total. The van der Waals surface area contributed by atoms with Gasteiger partial charge in [-0.3, -0.25) is 0 Å². The van der Waals surface area contributed by atoms with E-state index in [9.17, 15) is 4.39 Å². The number of anilines is 1. The van der Waals surface area contributed by atoms with E-state index in [0.29, 0.717) is 13.2 Å². The van der Waals surface area contributed by atoms with Crippen LogP contribution >= 0.6 is 0 Å². The van der Waals surface area contributed by atoms with E-state index in [0.717, 1.165) is 11.8 Å². The third-order valence-corrected chi connectivity index (χ3v) is 2.69. The molecule has 2 rings (SSSR count). The predicted octanol–water partition coefficient (Wildman–Crippen LogP) is 2.99. The van der Waals surface area contributed by atoms with Crippen LogP contribution in [0.3, 0.4) is 0 Å². The molecule has 0 fully saturated rings. The van der Waals surface area contributed by atoms with Crippen molar-refractivity contribution in [1.29, 1.82) is 0 Å². The molecule has 21 heavy (non-hydrogen) atoms. The van der Waals surface area contributed by atoms with Crippen molar-refractivity contribution in [3.05, 3.63) is 47.9 Å². The normalized spacial score (nSPS) is 12.0. The molecule has 0 amide bonds. The van der Waals surface area contributed by atoms with Crippen molar-refractivity contribution in [2.45, 2.75) is 26.7 Å². The van der Waals surface area contributed by atoms with E-state index in [1.54, 1.807) is 6.92 Å². The molecule has 1 aromatic carbocycles. The molecular formula is C15H18FN3O2. The number of aromatic nitrogens is 2. The molecule has 0 spiro atoms. The maximum absolute atomic E-state index is 13.6. The second-order valence-corrected chi connectivity index (χ2v) is 4.37. The first-order valence-corrected chi connectivity index (χ1v) is 6.76. The highest BCUT2D eigenvalue weighted by Crippen LogP contribution is 2.15. The van der Waals surface area contributed by atoms with Gasteiger partial charge in [-0.05, 0) is 19.4 Å². The monoisotopic (exact) mass is 291 g/mol. The number of nitrogens with zero attached hydrogens (tertiary/aromatic N) is 2. The zero-order valence-electron chi connectivity index (χ0n) is 12.0. The number of hydrogen-bond acceptors (Lipinski definition) is 5. The van der Waals surface area contributed by atoms with E-state index >= 15 is 0 Å². The lowest BCUT2D eigenvalue weighted by atomic mass is 10.2. The molecule has 0 saturated carbocycles. The molecule has 0 saturated heterocycles. The molecule has 1 aromatic heterocycles. The van der Waals surface area contributed by atoms with Gasteiger partial charge in [-0.1, -0.05) is 30.3 Å². The van der Waals surface area contributed by atoms with E-state index in [-0.39, 0.29) is 18.1 Å². The fourth-order valence-corrected chi connectivity index (χ4v) is 1.73. The van der Waals surface area contributed by atoms with Crippen molar-refractivity contribution in [2.24, 2.45) is 0 Å². The Morgan fingerprint density at radius 3 is 2.76 bits per heavy atom. The summed E-state index contributed by atoms with van der Waals surface area (Å²) >= 11 is 0. The maximum Gasteiger partial charge on any atom is 0.318 e. The Bertz CT molecular complexity index is 566. The van der Waals surface area contributed by atoms with Crippen LogP contribution < -0.4 is 10.1 Å². The maximum atomic E-state index is 13.6. The Morgan fingerprint density at radius 1 is 1.29 bits per heavy atom. The molecule has 0 aliphatic rings. The second kappa shape index (κ2) is 7.54. The van der Waals surface area contributed by atoms with Gasteiger partial charge in [-0.25, -0.2) is 9.37 Å². The van der Waals surface area contributed by atoms with Gasteiger partial charge in [0.1, 0.15) is 12.8 Å². The zero-order valence-corrected chi connectivity index (χ0v) is 12.0. The molecule has 2 aromatic rings. The van der Waals surface area contributed by atoms with Crippen LogP contribution in [0.1, 0.15) is 19.4 Å². The zero-order chi connectivity index (χ0) is 15.1. The highest BCUT2D eigenvalue weighted by Gasteiger charge is 2.10. The van der Waals surface area contributed by atoms with Gasteiger partial charge in [0.25, 0.3) is 0 Å². The summed E-state index contributed by atoms with van der Waals surface area (Å²) in [7, 11) is 0. The Balaban J connectivity index is 2.00. The summed E-state index contributed by atoms with van der Waals surface area (Å²) in [4.78, 5) is 7.83. The molecule has 1 unspecified atom stereocenters. The van der Waals surface area contributed by atoms with E-state index in [4.69, 9.17) is 9.47 Å². The Labute approximate surface area is 123 Å². The first-order valence-electron chi connectivity index (χ1n) is 6.76. The number of ether oxygens (including phenoxy) is 2. The number of benzene rings is 1. The topological polar surface area (TPSA) is 56.3 Å². The summed E-state index contributed by atoms with van der Waals surface area (Å²) in [6.07, 6.45) is 0.732. The number of rotatable bonds is 7. The van der Waals surface area contributed by atoms with Crippen molar-refractivity contribution in [1.82, 2.24) is 9.97 Å². The molecule has 1 heterocycles. The van der Waals surface area contributed by atoms with Gasteiger partial charge in [0.05, 0.1) is 6.20 Å². The van der Waals surface area contributed by atoms with Crippen molar-refractivity contribution in [3.8, 4) is 6.01 Å². The van der Waals surface area contributed by atoms with E-state index in [1.807, 2.05) is 37.3 Å². The van der Waals surface area contributed by atoms with Crippen molar-refractivity contribution in [2.75, 3.05) is 11.9 Å². The Kier molecular flexibility index (Phi) is 5.45. The first kappa shape index (κ1) is 15.2. The van der Waals surface area contributed by atoms with Gasteiger partial charge in [0.2, 0.25) is 0 Å². The quantitative estimate of drug-likeness (QED) is 0.795. The molecule has 0 aliphatic heterocycles. The van der Waals surface area contributed by atoms with Gasteiger partial charge in [-0.2, -0.15) is 4.98 Å². The lowest BCUT2D eigenvalue weighted by molar-refractivity contribution is 0.0954. The Hall–Kier alpha value is -2.21. The van der Waals surface area contributed by atoms with E-state index < -0.39 is 5.82 Å². The van der Waals surface area contributed by atoms with Crippen LogP contribution in [0.15, 0.2) is 36.5 Å². The fourth-order valence-electron chi connectivity index (χ4n) is 1.73.